The maximum atomic E-state index is 12.3. The summed E-state index contributed by atoms with van der Waals surface area (Å²) in [7, 11) is 0. The Morgan fingerprint density at radius 1 is 1.00 bits per heavy atom. The Labute approximate surface area is 185 Å². The van der Waals surface area contributed by atoms with Crippen molar-refractivity contribution in [3.05, 3.63) is 100 Å². The molecule has 0 saturated carbocycles. The van der Waals surface area contributed by atoms with Gasteiger partial charge in [0.05, 0.1) is 5.69 Å². The molecule has 0 fully saturated rings. The van der Waals surface area contributed by atoms with Gasteiger partial charge in [0.1, 0.15) is 18.0 Å². The van der Waals surface area contributed by atoms with Crippen molar-refractivity contribution in [2.24, 2.45) is 0 Å². The van der Waals surface area contributed by atoms with Crippen molar-refractivity contribution < 1.29 is 9.53 Å². The van der Waals surface area contributed by atoms with Crippen LogP contribution in [0.1, 0.15) is 23.7 Å². The van der Waals surface area contributed by atoms with Gasteiger partial charge in [0.15, 0.2) is 0 Å². The highest BCUT2D eigenvalue weighted by atomic mass is 16.5. The van der Waals surface area contributed by atoms with E-state index in [1.54, 1.807) is 36.5 Å². The summed E-state index contributed by atoms with van der Waals surface area (Å²) in [6.07, 6.45) is 2.70. The van der Waals surface area contributed by atoms with E-state index >= 15 is 0 Å². The third-order valence-corrected chi connectivity index (χ3v) is 4.96. The van der Waals surface area contributed by atoms with Gasteiger partial charge in [0.2, 0.25) is 0 Å². The molecule has 2 N–H and O–H groups in total. The predicted octanol–water partition coefficient (Wildman–Crippen LogP) is 4.79. The van der Waals surface area contributed by atoms with E-state index in [0.717, 1.165) is 17.7 Å². The summed E-state index contributed by atoms with van der Waals surface area (Å²) in [5, 5.41) is 5.61. The van der Waals surface area contributed by atoms with Crippen LogP contribution in [-0.4, -0.2) is 15.4 Å². The number of pyridine rings is 1. The Balaban J connectivity index is 1.39. The van der Waals surface area contributed by atoms with E-state index in [0.29, 0.717) is 22.8 Å². The van der Waals surface area contributed by atoms with E-state index in [4.69, 9.17) is 4.74 Å². The number of aromatic nitrogens is 2. The minimum Gasteiger partial charge on any atom is -0.487 e. The summed E-state index contributed by atoms with van der Waals surface area (Å²) in [4.78, 5) is 29.1. The van der Waals surface area contributed by atoms with Crippen molar-refractivity contribution in [1.82, 2.24) is 9.38 Å². The maximum Gasteiger partial charge on any atom is 0.323 e. The molecular weight excluding hydrogens is 404 g/mol. The van der Waals surface area contributed by atoms with Crippen LogP contribution in [0.2, 0.25) is 0 Å². The van der Waals surface area contributed by atoms with E-state index in [1.807, 2.05) is 37.3 Å². The van der Waals surface area contributed by atoms with E-state index in [9.17, 15) is 9.59 Å². The third-order valence-electron chi connectivity index (χ3n) is 4.96. The molecule has 0 bridgehead atoms. The first kappa shape index (κ1) is 21.1. The van der Waals surface area contributed by atoms with Gasteiger partial charge in [-0.15, -0.1) is 0 Å². The molecule has 0 aliphatic heterocycles. The van der Waals surface area contributed by atoms with Gasteiger partial charge in [0, 0.05) is 29.7 Å². The Morgan fingerprint density at radius 2 is 1.78 bits per heavy atom. The van der Waals surface area contributed by atoms with Crippen LogP contribution in [0, 0.1) is 6.92 Å². The number of carbonyl (C=O) groups excluding carboxylic acids is 1. The maximum absolute atomic E-state index is 12.3. The summed E-state index contributed by atoms with van der Waals surface area (Å²) < 4.78 is 7.32. The average molecular weight is 428 g/mol. The van der Waals surface area contributed by atoms with E-state index in [1.165, 1.54) is 16.0 Å². The topological polar surface area (TPSA) is 84.7 Å². The van der Waals surface area contributed by atoms with Crippen LogP contribution in [0.3, 0.4) is 0 Å². The number of carbonyl (C=O) groups is 1. The average Bonchev–Trinajstić information content (AvgIpc) is 2.79. The minimum atomic E-state index is -0.342. The summed E-state index contributed by atoms with van der Waals surface area (Å²) in [6, 6.07) is 19.6. The van der Waals surface area contributed by atoms with Crippen molar-refractivity contribution >= 4 is 23.1 Å². The number of urea groups is 1. The molecule has 7 nitrogen and oxygen atoms in total. The van der Waals surface area contributed by atoms with Crippen LogP contribution in [0.5, 0.6) is 5.75 Å². The molecule has 0 unspecified atom stereocenters. The highest BCUT2D eigenvalue weighted by Crippen LogP contribution is 2.19. The third kappa shape index (κ3) is 5.13. The van der Waals surface area contributed by atoms with Crippen LogP contribution in [0.15, 0.2) is 77.7 Å². The van der Waals surface area contributed by atoms with E-state index < -0.39 is 0 Å². The number of hydrogen-bond acceptors (Lipinski definition) is 4. The van der Waals surface area contributed by atoms with Crippen molar-refractivity contribution in [3.63, 3.8) is 0 Å². The Bertz CT molecular complexity index is 1310. The summed E-state index contributed by atoms with van der Waals surface area (Å²) in [5.41, 5.74) is 4.45. The van der Waals surface area contributed by atoms with Crippen molar-refractivity contribution in [2.45, 2.75) is 26.9 Å². The smallest absolute Gasteiger partial charge is 0.323 e. The molecule has 7 heteroatoms. The largest absolute Gasteiger partial charge is 0.487 e. The normalized spacial score (nSPS) is 10.7. The zero-order valence-electron chi connectivity index (χ0n) is 18.0. The second-order valence-corrected chi connectivity index (χ2v) is 7.47. The Kier molecular flexibility index (Phi) is 6.17. The molecule has 0 atom stereocenters. The molecular formula is C25H24N4O3. The standard InChI is InChI=1S/C25H24N4O3/c1-3-18-8-10-19(11-9-18)27-25(31)28-20-5-4-6-22(13-20)32-16-21-14-24(30)29-15-17(2)7-12-23(29)26-21/h4-15H,3,16H2,1-2H3,(H2,27,28,31). The van der Waals surface area contributed by atoms with Gasteiger partial charge >= 0.3 is 6.03 Å². The number of rotatable bonds is 6. The van der Waals surface area contributed by atoms with Crippen LogP contribution in [0.4, 0.5) is 16.2 Å². The molecule has 2 amide bonds. The molecule has 0 radical (unpaired) electrons. The van der Waals surface area contributed by atoms with Gasteiger partial charge in [0.25, 0.3) is 5.56 Å². The van der Waals surface area contributed by atoms with E-state index in [2.05, 4.69) is 22.5 Å². The Hall–Kier alpha value is -4.13. The summed E-state index contributed by atoms with van der Waals surface area (Å²) in [5.74, 6) is 0.556. The first-order valence-electron chi connectivity index (χ1n) is 10.4. The number of amides is 2. The lowest BCUT2D eigenvalue weighted by Gasteiger charge is -2.11. The zero-order chi connectivity index (χ0) is 22.5. The number of fused-ring (bicyclic) bond motifs is 1. The SMILES string of the molecule is CCc1ccc(NC(=O)Nc2cccc(OCc3cc(=O)n4cc(C)ccc4n3)c2)cc1. The fourth-order valence-corrected chi connectivity index (χ4v) is 3.27. The number of anilines is 2. The van der Waals surface area contributed by atoms with Gasteiger partial charge in [-0.2, -0.15) is 0 Å². The fraction of sp³-hybridized carbons (Fsp3) is 0.160. The zero-order valence-corrected chi connectivity index (χ0v) is 18.0. The summed E-state index contributed by atoms with van der Waals surface area (Å²) >= 11 is 0. The van der Waals surface area contributed by atoms with Crippen LogP contribution >= 0.6 is 0 Å². The number of nitrogens with one attached hydrogen (secondary N) is 2. The second-order valence-electron chi connectivity index (χ2n) is 7.47. The quantitative estimate of drug-likeness (QED) is 0.463. The molecule has 4 aromatic rings. The van der Waals surface area contributed by atoms with Crippen LogP contribution in [-0.2, 0) is 13.0 Å². The van der Waals surface area contributed by atoms with Gasteiger partial charge in [-0.3, -0.25) is 9.20 Å². The van der Waals surface area contributed by atoms with Crippen LogP contribution < -0.4 is 20.9 Å². The lowest BCUT2D eigenvalue weighted by Crippen LogP contribution is -2.19. The van der Waals surface area contributed by atoms with Gasteiger partial charge < -0.3 is 15.4 Å². The fourth-order valence-electron chi connectivity index (χ4n) is 3.27. The summed E-state index contributed by atoms with van der Waals surface area (Å²) in [6.45, 7) is 4.14. The lowest BCUT2D eigenvalue weighted by molar-refractivity contribution is 0.262. The highest BCUT2D eigenvalue weighted by molar-refractivity contribution is 5.99. The van der Waals surface area contributed by atoms with E-state index in [-0.39, 0.29) is 18.2 Å². The predicted molar refractivity (Wildman–Crippen MR) is 125 cm³/mol. The van der Waals surface area contributed by atoms with Crippen molar-refractivity contribution in [1.29, 1.82) is 0 Å². The van der Waals surface area contributed by atoms with Crippen LogP contribution in [0.25, 0.3) is 5.65 Å². The molecule has 0 aliphatic carbocycles. The molecule has 32 heavy (non-hydrogen) atoms. The molecule has 0 saturated heterocycles. The molecule has 0 aliphatic rings. The molecule has 162 valence electrons. The minimum absolute atomic E-state index is 0.138. The van der Waals surface area contributed by atoms with Crippen molar-refractivity contribution in [2.75, 3.05) is 10.6 Å². The van der Waals surface area contributed by atoms with Gasteiger partial charge in [-0.25, -0.2) is 9.78 Å². The monoisotopic (exact) mass is 428 g/mol. The number of nitrogens with zero attached hydrogens (tertiary/aromatic N) is 2. The molecule has 2 aromatic carbocycles. The Morgan fingerprint density at radius 3 is 2.56 bits per heavy atom. The van der Waals surface area contributed by atoms with Gasteiger partial charge in [-0.05, 0) is 54.8 Å². The number of benzene rings is 2. The first-order chi connectivity index (χ1) is 15.5. The number of aryl methyl sites for hydroxylation is 2. The first-order valence-corrected chi connectivity index (χ1v) is 10.4. The highest BCUT2D eigenvalue weighted by Gasteiger charge is 2.06. The molecule has 2 aromatic heterocycles. The number of ether oxygens (including phenoxy) is 1. The van der Waals surface area contributed by atoms with Gasteiger partial charge in [-0.1, -0.05) is 31.2 Å². The molecule has 0 spiro atoms. The second kappa shape index (κ2) is 9.34. The lowest BCUT2D eigenvalue weighted by atomic mass is 10.1. The van der Waals surface area contributed by atoms with Crippen molar-refractivity contribution in [3.8, 4) is 5.75 Å². The molecule has 4 rings (SSSR count). The molecule has 2 heterocycles. The number of hydrogen-bond donors (Lipinski definition) is 2.